The van der Waals surface area contributed by atoms with Crippen LogP contribution in [-0.4, -0.2) is 21.7 Å². The van der Waals surface area contributed by atoms with Crippen LogP contribution in [-0.2, 0) is 7.05 Å². The molecule has 0 saturated heterocycles. The number of nitrogens with one attached hydrogen (secondary N) is 1. The van der Waals surface area contributed by atoms with Crippen LogP contribution in [0.3, 0.4) is 0 Å². The minimum Gasteiger partial charge on any atom is -0.348 e. The van der Waals surface area contributed by atoms with Gasteiger partial charge in [-0.05, 0) is 38.2 Å². The Bertz CT molecular complexity index is 397. The second-order valence-corrected chi connectivity index (χ2v) is 4.88. The first-order valence-electron chi connectivity index (χ1n) is 5.87. The first-order chi connectivity index (χ1) is 7.56. The maximum atomic E-state index is 12.0. The minimum atomic E-state index is 0.00204. The highest BCUT2D eigenvalue weighted by molar-refractivity contribution is 5.92. The van der Waals surface area contributed by atoms with Gasteiger partial charge in [0.05, 0.1) is 5.69 Å². The summed E-state index contributed by atoms with van der Waals surface area (Å²) in [6.07, 6.45) is 3.42. The highest BCUT2D eigenvalue weighted by Crippen LogP contribution is 2.24. The fourth-order valence-corrected chi connectivity index (χ4v) is 2.42. The number of amides is 1. The van der Waals surface area contributed by atoms with E-state index in [4.69, 9.17) is 0 Å². The van der Waals surface area contributed by atoms with E-state index in [-0.39, 0.29) is 5.91 Å². The van der Waals surface area contributed by atoms with Crippen molar-refractivity contribution in [1.29, 1.82) is 0 Å². The van der Waals surface area contributed by atoms with Gasteiger partial charge in [-0.15, -0.1) is 0 Å². The van der Waals surface area contributed by atoms with E-state index in [9.17, 15) is 4.79 Å². The van der Waals surface area contributed by atoms with Crippen LogP contribution in [0.15, 0.2) is 6.07 Å². The van der Waals surface area contributed by atoms with Crippen molar-refractivity contribution in [2.75, 3.05) is 0 Å². The SMILES string of the molecule is Cc1cc(C(=O)NC2CCC(C)C2)n(C)n1. The highest BCUT2D eigenvalue weighted by Gasteiger charge is 2.24. The third kappa shape index (κ3) is 2.26. The largest absolute Gasteiger partial charge is 0.348 e. The average molecular weight is 221 g/mol. The first kappa shape index (κ1) is 11.2. The third-order valence-electron chi connectivity index (χ3n) is 3.26. The van der Waals surface area contributed by atoms with E-state index in [0.717, 1.165) is 24.5 Å². The molecule has 0 spiro atoms. The number of aryl methyl sites for hydroxylation is 2. The van der Waals surface area contributed by atoms with Crippen LogP contribution >= 0.6 is 0 Å². The monoisotopic (exact) mass is 221 g/mol. The molecule has 4 heteroatoms. The van der Waals surface area contributed by atoms with Gasteiger partial charge in [0.1, 0.15) is 5.69 Å². The lowest BCUT2D eigenvalue weighted by molar-refractivity contribution is 0.0928. The first-order valence-corrected chi connectivity index (χ1v) is 5.87. The number of rotatable bonds is 2. The van der Waals surface area contributed by atoms with Crippen LogP contribution in [0, 0.1) is 12.8 Å². The molecular formula is C12H19N3O. The fourth-order valence-electron chi connectivity index (χ4n) is 2.42. The number of aromatic nitrogens is 2. The molecule has 1 fully saturated rings. The van der Waals surface area contributed by atoms with Crippen LogP contribution in [0.4, 0.5) is 0 Å². The minimum absolute atomic E-state index is 0.00204. The standard InChI is InChI=1S/C12H19N3O/c1-8-4-5-10(6-8)13-12(16)11-7-9(2)14-15(11)3/h7-8,10H,4-6H2,1-3H3,(H,13,16). The summed E-state index contributed by atoms with van der Waals surface area (Å²) < 4.78 is 1.64. The van der Waals surface area contributed by atoms with Crippen molar-refractivity contribution < 1.29 is 4.79 Å². The molecule has 88 valence electrons. The Labute approximate surface area is 96.0 Å². The second kappa shape index (κ2) is 4.28. The lowest BCUT2D eigenvalue weighted by Crippen LogP contribution is -2.34. The van der Waals surface area contributed by atoms with Gasteiger partial charge in [0.15, 0.2) is 0 Å². The maximum Gasteiger partial charge on any atom is 0.269 e. The highest BCUT2D eigenvalue weighted by atomic mass is 16.2. The second-order valence-electron chi connectivity index (χ2n) is 4.88. The topological polar surface area (TPSA) is 46.9 Å². The van der Waals surface area contributed by atoms with Gasteiger partial charge in [-0.1, -0.05) is 6.92 Å². The molecule has 2 atom stereocenters. The Morgan fingerprint density at radius 1 is 1.56 bits per heavy atom. The lowest BCUT2D eigenvalue weighted by atomic mass is 10.1. The van der Waals surface area contributed by atoms with Gasteiger partial charge in [0.2, 0.25) is 0 Å². The predicted molar refractivity (Wildman–Crippen MR) is 62.2 cm³/mol. The Balaban J connectivity index is 2.00. The summed E-state index contributed by atoms with van der Waals surface area (Å²) in [5.41, 5.74) is 1.53. The predicted octanol–water partition coefficient (Wildman–Crippen LogP) is 1.65. The molecule has 0 bridgehead atoms. The molecule has 4 nitrogen and oxygen atoms in total. The van der Waals surface area contributed by atoms with Crippen LogP contribution in [0.25, 0.3) is 0 Å². The number of hydrogen-bond acceptors (Lipinski definition) is 2. The van der Waals surface area contributed by atoms with Crippen molar-refractivity contribution in [3.63, 3.8) is 0 Å². The summed E-state index contributed by atoms with van der Waals surface area (Å²) >= 11 is 0. The Morgan fingerprint density at radius 2 is 2.31 bits per heavy atom. The Kier molecular flexibility index (Phi) is 2.99. The van der Waals surface area contributed by atoms with E-state index in [2.05, 4.69) is 17.3 Å². The summed E-state index contributed by atoms with van der Waals surface area (Å²) in [4.78, 5) is 12.0. The van der Waals surface area contributed by atoms with Gasteiger partial charge in [-0.3, -0.25) is 9.48 Å². The van der Waals surface area contributed by atoms with E-state index < -0.39 is 0 Å². The molecule has 1 heterocycles. The van der Waals surface area contributed by atoms with Crippen molar-refractivity contribution in [2.45, 2.75) is 39.2 Å². The van der Waals surface area contributed by atoms with E-state index in [0.29, 0.717) is 11.7 Å². The van der Waals surface area contributed by atoms with Crippen LogP contribution in [0.5, 0.6) is 0 Å². The van der Waals surface area contributed by atoms with E-state index in [1.54, 1.807) is 11.7 Å². The molecular weight excluding hydrogens is 202 g/mol. The summed E-state index contributed by atoms with van der Waals surface area (Å²) in [6.45, 7) is 4.13. The fraction of sp³-hybridized carbons (Fsp3) is 0.667. The quantitative estimate of drug-likeness (QED) is 0.825. The Hall–Kier alpha value is -1.32. The molecule has 2 unspecified atom stereocenters. The van der Waals surface area contributed by atoms with Crippen LogP contribution < -0.4 is 5.32 Å². The van der Waals surface area contributed by atoms with E-state index in [1.807, 2.05) is 13.0 Å². The molecule has 1 saturated carbocycles. The summed E-state index contributed by atoms with van der Waals surface area (Å²) in [5.74, 6) is 0.737. The van der Waals surface area contributed by atoms with Gasteiger partial charge < -0.3 is 5.32 Å². The van der Waals surface area contributed by atoms with Gasteiger partial charge in [-0.2, -0.15) is 5.10 Å². The molecule has 1 aliphatic rings. The zero-order chi connectivity index (χ0) is 11.7. The number of carbonyl (C=O) groups is 1. The van der Waals surface area contributed by atoms with Crippen molar-refractivity contribution in [2.24, 2.45) is 13.0 Å². The van der Waals surface area contributed by atoms with Crippen LogP contribution in [0.2, 0.25) is 0 Å². The van der Waals surface area contributed by atoms with Gasteiger partial charge in [0, 0.05) is 13.1 Å². The number of nitrogens with zero attached hydrogens (tertiary/aromatic N) is 2. The zero-order valence-electron chi connectivity index (χ0n) is 10.2. The molecule has 1 aliphatic carbocycles. The smallest absolute Gasteiger partial charge is 0.269 e. The molecule has 1 amide bonds. The molecule has 0 radical (unpaired) electrons. The third-order valence-corrected chi connectivity index (χ3v) is 3.26. The van der Waals surface area contributed by atoms with Crippen LogP contribution in [0.1, 0.15) is 42.4 Å². The maximum absolute atomic E-state index is 12.0. The molecule has 0 aliphatic heterocycles. The number of carbonyl (C=O) groups excluding carboxylic acids is 1. The molecule has 1 aromatic rings. The summed E-state index contributed by atoms with van der Waals surface area (Å²) in [5, 5.41) is 7.26. The van der Waals surface area contributed by atoms with Gasteiger partial charge in [-0.25, -0.2) is 0 Å². The van der Waals surface area contributed by atoms with Gasteiger partial charge >= 0.3 is 0 Å². The summed E-state index contributed by atoms with van der Waals surface area (Å²) in [7, 11) is 1.80. The lowest BCUT2D eigenvalue weighted by Gasteiger charge is -2.12. The average Bonchev–Trinajstić information content (AvgIpc) is 2.73. The number of hydrogen-bond donors (Lipinski definition) is 1. The van der Waals surface area contributed by atoms with Crippen molar-refractivity contribution in [3.05, 3.63) is 17.5 Å². The molecule has 1 aromatic heterocycles. The zero-order valence-corrected chi connectivity index (χ0v) is 10.2. The Morgan fingerprint density at radius 3 is 2.81 bits per heavy atom. The van der Waals surface area contributed by atoms with Crippen molar-refractivity contribution in [3.8, 4) is 0 Å². The normalized spacial score (nSPS) is 24.7. The van der Waals surface area contributed by atoms with Crippen molar-refractivity contribution >= 4 is 5.91 Å². The molecule has 2 rings (SSSR count). The summed E-state index contributed by atoms with van der Waals surface area (Å²) in [6, 6.07) is 2.17. The molecule has 1 N–H and O–H groups in total. The van der Waals surface area contributed by atoms with Crippen molar-refractivity contribution in [1.82, 2.24) is 15.1 Å². The van der Waals surface area contributed by atoms with E-state index in [1.165, 1.54) is 6.42 Å². The van der Waals surface area contributed by atoms with E-state index >= 15 is 0 Å². The molecule has 16 heavy (non-hydrogen) atoms. The molecule has 0 aromatic carbocycles. The van der Waals surface area contributed by atoms with Gasteiger partial charge in [0.25, 0.3) is 5.91 Å².